The number of anilines is 1. The Morgan fingerprint density at radius 2 is 1.55 bits per heavy atom. The summed E-state index contributed by atoms with van der Waals surface area (Å²) in [6.07, 6.45) is 4.92. The van der Waals surface area contributed by atoms with Crippen molar-refractivity contribution in [3.63, 3.8) is 0 Å². The molecule has 0 bridgehead atoms. The van der Waals surface area contributed by atoms with Crippen molar-refractivity contribution in [2.45, 2.75) is 11.4 Å². The third kappa shape index (κ3) is 4.83. The molecule has 5 nitrogen and oxygen atoms in total. The van der Waals surface area contributed by atoms with Crippen molar-refractivity contribution in [2.75, 3.05) is 37.3 Å². The molecule has 2 heterocycles. The van der Waals surface area contributed by atoms with Crippen LogP contribution >= 0.6 is 0 Å². The zero-order valence-corrected chi connectivity index (χ0v) is 17.3. The average Bonchev–Trinajstić information content (AvgIpc) is 2.75. The predicted octanol–water partition coefficient (Wildman–Crippen LogP) is 3.47. The lowest BCUT2D eigenvalue weighted by Gasteiger charge is -2.36. The van der Waals surface area contributed by atoms with E-state index in [1.807, 2.05) is 18.5 Å². The Balaban J connectivity index is 1.38. The first kappa shape index (κ1) is 19.6. The highest BCUT2D eigenvalue weighted by atomic mass is 32.2. The molecule has 0 unspecified atom stereocenters. The molecule has 1 aliphatic heterocycles. The molecule has 0 aliphatic carbocycles. The second-order valence-electron chi connectivity index (χ2n) is 7.47. The number of hydrogen-bond acceptors (Lipinski definition) is 5. The zero-order valence-electron chi connectivity index (χ0n) is 16.5. The van der Waals surface area contributed by atoms with Gasteiger partial charge in [0.1, 0.15) is 0 Å². The molecular formula is C23H25N3O2S. The quantitative estimate of drug-likeness (QED) is 0.648. The fourth-order valence-corrected chi connectivity index (χ4v) is 4.35. The molecule has 29 heavy (non-hydrogen) atoms. The van der Waals surface area contributed by atoms with Gasteiger partial charge in [-0.2, -0.15) is 0 Å². The lowest BCUT2D eigenvalue weighted by Crippen LogP contribution is -2.45. The Morgan fingerprint density at radius 1 is 0.862 bits per heavy atom. The van der Waals surface area contributed by atoms with Crippen molar-refractivity contribution in [2.24, 2.45) is 0 Å². The summed E-state index contributed by atoms with van der Waals surface area (Å²) in [6, 6.07) is 19.7. The highest BCUT2D eigenvalue weighted by molar-refractivity contribution is 7.90. The largest absolute Gasteiger partial charge is 0.369 e. The molecule has 0 spiro atoms. The topological polar surface area (TPSA) is 53.5 Å². The lowest BCUT2D eigenvalue weighted by atomic mass is 10.0. The van der Waals surface area contributed by atoms with E-state index >= 15 is 0 Å². The first-order valence-corrected chi connectivity index (χ1v) is 11.6. The van der Waals surface area contributed by atoms with Gasteiger partial charge in [0.15, 0.2) is 9.84 Å². The molecule has 2 aromatic carbocycles. The molecule has 1 aliphatic rings. The summed E-state index contributed by atoms with van der Waals surface area (Å²) < 4.78 is 23.6. The highest BCUT2D eigenvalue weighted by Crippen LogP contribution is 2.24. The minimum atomic E-state index is -3.20. The average molecular weight is 408 g/mol. The van der Waals surface area contributed by atoms with Crippen LogP contribution in [0.15, 0.2) is 78.0 Å². The van der Waals surface area contributed by atoms with Gasteiger partial charge in [0.25, 0.3) is 0 Å². The van der Waals surface area contributed by atoms with Crippen LogP contribution in [0.5, 0.6) is 0 Å². The third-order valence-corrected chi connectivity index (χ3v) is 6.47. The molecule has 1 fully saturated rings. The maximum absolute atomic E-state index is 11.8. The van der Waals surface area contributed by atoms with E-state index in [-0.39, 0.29) is 0 Å². The van der Waals surface area contributed by atoms with E-state index in [0.717, 1.165) is 43.9 Å². The molecule has 1 aromatic heterocycles. The van der Waals surface area contributed by atoms with E-state index in [0.29, 0.717) is 4.90 Å². The van der Waals surface area contributed by atoms with Crippen molar-refractivity contribution in [3.8, 4) is 11.1 Å². The molecule has 4 rings (SSSR count). The molecular weight excluding hydrogens is 382 g/mol. The first-order chi connectivity index (χ1) is 14.0. The second kappa shape index (κ2) is 8.35. The van der Waals surface area contributed by atoms with Crippen LogP contribution in [0.25, 0.3) is 11.1 Å². The number of nitrogens with zero attached hydrogens (tertiary/aromatic N) is 3. The van der Waals surface area contributed by atoms with E-state index in [1.165, 1.54) is 17.5 Å². The van der Waals surface area contributed by atoms with Crippen molar-refractivity contribution in [1.82, 2.24) is 9.88 Å². The minimum Gasteiger partial charge on any atom is -0.369 e. The van der Waals surface area contributed by atoms with Gasteiger partial charge in [0.2, 0.25) is 0 Å². The Labute approximate surface area is 172 Å². The van der Waals surface area contributed by atoms with Crippen LogP contribution < -0.4 is 4.90 Å². The van der Waals surface area contributed by atoms with E-state index in [9.17, 15) is 8.42 Å². The van der Waals surface area contributed by atoms with Gasteiger partial charge in [-0.3, -0.25) is 9.88 Å². The van der Waals surface area contributed by atoms with Gasteiger partial charge in [-0.15, -0.1) is 0 Å². The molecule has 0 N–H and O–H groups in total. The van der Waals surface area contributed by atoms with Crippen molar-refractivity contribution < 1.29 is 8.42 Å². The fourth-order valence-electron chi connectivity index (χ4n) is 3.69. The summed E-state index contributed by atoms with van der Waals surface area (Å²) >= 11 is 0. The van der Waals surface area contributed by atoms with Gasteiger partial charge in [0, 0.05) is 57.1 Å². The Kier molecular flexibility index (Phi) is 5.65. The predicted molar refractivity (Wildman–Crippen MR) is 117 cm³/mol. The van der Waals surface area contributed by atoms with Gasteiger partial charge < -0.3 is 4.90 Å². The summed E-state index contributed by atoms with van der Waals surface area (Å²) in [5.41, 5.74) is 4.46. The summed E-state index contributed by atoms with van der Waals surface area (Å²) in [6.45, 7) is 5.01. The Hall–Kier alpha value is -2.70. The molecule has 0 radical (unpaired) electrons. The van der Waals surface area contributed by atoms with Gasteiger partial charge in [0.05, 0.1) is 4.90 Å². The number of rotatable bonds is 5. The van der Waals surface area contributed by atoms with E-state index in [2.05, 4.69) is 51.2 Å². The van der Waals surface area contributed by atoms with Crippen LogP contribution in [-0.2, 0) is 16.4 Å². The number of pyridine rings is 1. The van der Waals surface area contributed by atoms with Crippen molar-refractivity contribution in [3.05, 3.63) is 78.6 Å². The number of hydrogen-bond donors (Lipinski definition) is 0. The van der Waals surface area contributed by atoms with Crippen LogP contribution in [0, 0.1) is 0 Å². The molecule has 1 saturated heterocycles. The van der Waals surface area contributed by atoms with Crippen LogP contribution in [0.3, 0.4) is 0 Å². The summed E-state index contributed by atoms with van der Waals surface area (Å²) in [4.78, 5) is 9.31. The molecule has 150 valence electrons. The van der Waals surface area contributed by atoms with Gasteiger partial charge in [-0.1, -0.05) is 36.4 Å². The van der Waals surface area contributed by atoms with Crippen LogP contribution in [-0.4, -0.2) is 50.7 Å². The number of aromatic nitrogens is 1. The first-order valence-electron chi connectivity index (χ1n) is 9.76. The maximum atomic E-state index is 11.8. The lowest BCUT2D eigenvalue weighted by molar-refractivity contribution is 0.250. The molecule has 6 heteroatoms. The summed E-state index contributed by atoms with van der Waals surface area (Å²) in [5, 5.41) is 0. The standard InChI is InChI=1S/C23H25N3O2S/c1-29(27,28)23-4-2-3-21(17-23)20-7-5-19(6-8-20)18-25-13-15-26(16-14-25)22-9-11-24-12-10-22/h2-12,17H,13-16,18H2,1H3. The third-order valence-electron chi connectivity index (χ3n) is 5.36. The van der Waals surface area contributed by atoms with E-state index < -0.39 is 9.84 Å². The normalized spacial score (nSPS) is 15.4. The number of benzene rings is 2. The zero-order chi connectivity index (χ0) is 20.3. The molecule has 0 atom stereocenters. The number of piperazine rings is 1. The van der Waals surface area contributed by atoms with E-state index in [1.54, 1.807) is 18.2 Å². The highest BCUT2D eigenvalue weighted by Gasteiger charge is 2.17. The van der Waals surface area contributed by atoms with Gasteiger partial charge in [-0.25, -0.2) is 8.42 Å². The fraction of sp³-hybridized carbons (Fsp3) is 0.261. The second-order valence-corrected chi connectivity index (χ2v) is 9.48. The van der Waals surface area contributed by atoms with Gasteiger partial charge in [-0.05, 0) is 41.0 Å². The molecule has 0 saturated carbocycles. The van der Waals surface area contributed by atoms with Crippen LogP contribution in [0.2, 0.25) is 0 Å². The molecule has 3 aromatic rings. The minimum absolute atomic E-state index is 0.353. The number of sulfone groups is 1. The summed E-state index contributed by atoms with van der Waals surface area (Å²) in [7, 11) is -3.20. The Morgan fingerprint density at radius 3 is 2.21 bits per heavy atom. The SMILES string of the molecule is CS(=O)(=O)c1cccc(-c2ccc(CN3CCN(c4ccncc4)CC3)cc2)c1. The van der Waals surface area contributed by atoms with Crippen molar-refractivity contribution in [1.29, 1.82) is 0 Å². The maximum Gasteiger partial charge on any atom is 0.175 e. The smallest absolute Gasteiger partial charge is 0.175 e. The van der Waals surface area contributed by atoms with E-state index in [4.69, 9.17) is 0 Å². The van der Waals surface area contributed by atoms with Crippen molar-refractivity contribution >= 4 is 15.5 Å². The van der Waals surface area contributed by atoms with Gasteiger partial charge >= 0.3 is 0 Å². The molecule has 0 amide bonds. The van der Waals surface area contributed by atoms with Crippen LogP contribution in [0.4, 0.5) is 5.69 Å². The van der Waals surface area contributed by atoms with Crippen LogP contribution in [0.1, 0.15) is 5.56 Å². The summed E-state index contributed by atoms with van der Waals surface area (Å²) in [5.74, 6) is 0. The monoisotopic (exact) mass is 407 g/mol. The Bertz CT molecular complexity index is 1060.